The molecule has 0 unspecified atom stereocenters. The number of allylic oxidation sites excluding steroid dienone is 2. The molecule has 1 aliphatic heterocycles. The third kappa shape index (κ3) is 2.50. The first-order valence-corrected chi connectivity index (χ1v) is 7.07. The summed E-state index contributed by atoms with van der Waals surface area (Å²) in [5, 5.41) is 0. The summed E-state index contributed by atoms with van der Waals surface area (Å²) < 4.78 is 16.5. The molecule has 1 aliphatic rings. The normalized spacial score (nSPS) is 18.4. The minimum atomic E-state index is -2.34. The fourth-order valence-electron chi connectivity index (χ4n) is 1.01. The zero-order valence-corrected chi connectivity index (χ0v) is 9.29. The quantitative estimate of drug-likeness (QED) is 0.719. The first-order chi connectivity index (χ1) is 5.24. The van der Waals surface area contributed by atoms with Crippen LogP contribution in [0.1, 0.15) is 33.1 Å². The van der Waals surface area contributed by atoms with E-state index in [1.54, 1.807) is 0 Å². The maximum absolute atomic E-state index is 11.3. The summed E-state index contributed by atoms with van der Waals surface area (Å²) in [7, 11) is 0. The Bertz CT molecular complexity index is 230. The van der Waals surface area contributed by atoms with Crippen LogP contribution in [0.5, 0.6) is 0 Å². The molecule has 0 atom stereocenters. The van der Waals surface area contributed by atoms with Crippen molar-refractivity contribution < 1.29 is 3.10 Å². The zero-order chi connectivity index (χ0) is 8.27. The Morgan fingerprint density at radius 1 is 1.64 bits per heavy atom. The topological polar surface area (TPSA) is 29.4 Å². The van der Waals surface area contributed by atoms with E-state index in [0.29, 0.717) is 0 Å². The molecule has 11 heavy (non-hydrogen) atoms. The predicted octanol–water partition coefficient (Wildman–Crippen LogP) is 2.04. The molecule has 2 nitrogen and oxygen atoms in total. The van der Waals surface area contributed by atoms with E-state index in [0.717, 1.165) is 22.2 Å². The number of hydrogen-bond acceptors (Lipinski definition) is 1. The van der Waals surface area contributed by atoms with Crippen LogP contribution in [0.4, 0.5) is 0 Å². The fourth-order valence-corrected chi connectivity index (χ4v) is 3.93. The van der Waals surface area contributed by atoms with E-state index < -0.39 is 19.8 Å². The van der Waals surface area contributed by atoms with Gasteiger partial charge >= 0.3 is 74.7 Å². The van der Waals surface area contributed by atoms with Gasteiger partial charge in [-0.25, -0.2) is 0 Å². The van der Waals surface area contributed by atoms with Crippen molar-refractivity contribution in [2.45, 2.75) is 33.1 Å². The van der Waals surface area contributed by atoms with Gasteiger partial charge in [0, 0.05) is 0 Å². The van der Waals surface area contributed by atoms with E-state index in [1.165, 1.54) is 6.42 Å². The number of rotatable bonds is 3. The van der Waals surface area contributed by atoms with Crippen LogP contribution in [0.25, 0.3) is 0 Å². The van der Waals surface area contributed by atoms with E-state index in [-0.39, 0.29) is 0 Å². The summed E-state index contributed by atoms with van der Waals surface area (Å²) in [5.41, 5.74) is 0.961. The summed E-state index contributed by atoms with van der Waals surface area (Å²) in [5.74, 6) is 0. The number of hydrogen-bond donors (Lipinski definition) is 0. The molecule has 0 aromatic rings. The predicted molar refractivity (Wildman–Crippen MR) is 47.2 cm³/mol. The van der Waals surface area contributed by atoms with Gasteiger partial charge in [0.2, 0.25) is 0 Å². The Morgan fingerprint density at radius 3 is 2.82 bits per heavy atom. The summed E-state index contributed by atoms with van der Waals surface area (Å²) in [6.45, 7) is 4.07. The van der Waals surface area contributed by atoms with Gasteiger partial charge in [-0.15, -0.1) is 0 Å². The number of nitrogens with zero attached hydrogens (tertiary/aromatic N) is 1. The first kappa shape index (κ1) is 9.09. The van der Waals surface area contributed by atoms with Crippen molar-refractivity contribution in [2.75, 3.05) is 0 Å². The molecule has 0 N–H and O–H groups in total. The van der Waals surface area contributed by atoms with Crippen molar-refractivity contribution in [1.82, 2.24) is 0 Å². The summed E-state index contributed by atoms with van der Waals surface area (Å²) in [4.78, 5) is 0. The van der Waals surface area contributed by atoms with Crippen LogP contribution < -0.4 is 0 Å². The van der Waals surface area contributed by atoms with E-state index >= 15 is 0 Å². The van der Waals surface area contributed by atoms with Gasteiger partial charge < -0.3 is 0 Å². The Morgan fingerprint density at radius 2 is 2.36 bits per heavy atom. The molecule has 1 heterocycles. The second kappa shape index (κ2) is 4.13. The minimum absolute atomic E-state index is 0.961. The molecule has 0 radical (unpaired) electrons. The molecular formula is C8H13NOTe. The third-order valence-corrected chi connectivity index (χ3v) is 5.09. The summed E-state index contributed by atoms with van der Waals surface area (Å²) in [6.07, 6.45) is 5.31. The Balaban J connectivity index is 2.50. The van der Waals surface area contributed by atoms with Crippen LogP contribution in [-0.2, 0) is 3.10 Å². The molecule has 0 saturated carbocycles. The molecule has 0 saturated heterocycles. The van der Waals surface area contributed by atoms with Gasteiger partial charge in [-0.1, -0.05) is 0 Å². The van der Waals surface area contributed by atoms with Crippen LogP contribution in [0.15, 0.2) is 12.9 Å². The third-order valence-electron chi connectivity index (χ3n) is 1.60. The molecule has 0 fully saturated rings. The fraction of sp³-hybridized carbons (Fsp3) is 0.625. The molecule has 0 aromatic heterocycles. The van der Waals surface area contributed by atoms with Crippen LogP contribution in [0, 0.1) is 0 Å². The van der Waals surface area contributed by atoms with Crippen molar-refractivity contribution in [3.63, 3.8) is 0 Å². The molecule has 0 amide bonds. The van der Waals surface area contributed by atoms with Crippen molar-refractivity contribution in [3.05, 3.63) is 9.70 Å². The van der Waals surface area contributed by atoms with E-state index in [9.17, 15) is 3.10 Å². The molecule has 0 aromatic carbocycles. The van der Waals surface area contributed by atoms with E-state index in [2.05, 4.69) is 10.2 Å². The van der Waals surface area contributed by atoms with Crippen LogP contribution in [0.2, 0.25) is 0 Å². The number of unbranched alkanes of at least 4 members (excludes halogenated alkanes) is 1. The summed E-state index contributed by atoms with van der Waals surface area (Å²) in [6, 6.07) is 0. The molecule has 0 bridgehead atoms. The molecular weight excluding hydrogens is 254 g/mol. The standard InChI is InChI=1S/C8H13NOTe/c1-3-4-5-8-6-7(2)9-11(8)10/h6H,3-5H2,1-2H3. The van der Waals surface area contributed by atoms with Gasteiger partial charge in [0.05, 0.1) is 0 Å². The average molecular weight is 267 g/mol. The van der Waals surface area contributed by atoms with Crippen LogP contribution in [-0.4, -0.2) is 25.5 Å². The van der Waals surface area contributed by atoms with Gasteiger partial charge in [-0.3, -0.25) is 0 Å². The van der Waals surface area contributed by atoms with Gasteiger partial charge in [-0.05, 0) is 0 Å². The Kier molecular flexibility index (Phi) is 3.42. The maximum atomic E-state index is 11.3. The van der Waals surface area contributed by atoms with Crippen LogP contribution in [0.3, 0.4) is 0 Å². The van der Waals surface area contributed by atoms with Crippen molar-refractivity contribution >= 4 is 25.5 Å². The van der Waals surface area contributed by atoms with Gasteiger partial charge in [0.15, 0.2) is 0 Å². The Labute approximate surface area is 74.8 Å². The molecule has 1 rings (SSSR count). The monoisotopic (exact) mass is 269 g/mol. The SMILES string of the molecule is CCCCC1=CC(C)=N[Te]1=O. The molecule has 0 spiro atoms. The molecule has 0 aliphatic carbocycles. The molecule has 3 heteroatoms. The van der Waals surface area contributed by atoms with Gasteiger partial charge in [0.25, 0.3) is 0 Å². The van der Waals surface area contributed by atoms with Crippen molar-refractivity contribution in [3.8, 4) is 0 Å². The Hall–Kier alpha value is -0.000390. The van der Waals surface area contributed by atoms with E-state index in [4.69, 9.17) is 0 Å². The van der Waals surface area contributed by atoms with Crippen molar-refractivity contribution in [2.24, 2.45) is 3.24 Å². The second-order valence-electron chi connectivity index (χ2n) is 2.70. The van der Waals surface area contributed by atoms with Crippen LogP contribution >= 0.6 is 0 Å². The first-order valence-electron chi connectivity index (χ1n) is 3.91. The summed E-state index contributed by atoms with van der Waals surface area (Å²) >= 11 is -2.34. The van der Waals surface area contributed by atoms with Gasteiger partial charge in [-0.2, -0.15) is 0 Å². The molecule has 62 valence electrons. The zero-order valence-electron chi connectivity index (χ0n) is 6.96. The van der Waals surface area contributed by atoms with Crippen molar-refractivity contribution in [1.29, 1.82) is 0 Å². The average Bonchev–Trinajstić information content (AvgIpc) is 2.26. The van der Waals surface area contributed by atoms with E-state index in [1.807, 2.05) is 13.0 Å². The second-order valence-corrected chi connectivity index (χ2v) is 6.14. The van der Waals surface area contributed by atoms with Gasteiger partial charge in [0.1, 0.15) is 0 Å².